The van der Waals surface area contributed by atoms with Crippen molar-refractivity contribution in [3.8, 4) is 11.5 Å². The number of esters is 2. The summed E-state index contributed by atoms with van der Waals surface area (Å²) in [4.78, 5) is 51.2. The summed E-state index contributed by atoms with van der Waals surface area (Å²) in [7, 11) is 1.44. The second kappa shape index (κ2) is 12.6. The van der Waals surface area contributed by atoms with Crippen LogP contribution < -0.4 is 20.2 Å². The van der Waals surface area contributed by atoms with Crippen LogP contribution in [0.3, 0.4) is 0 Å². The molecule has 4 rings (SSSR count). The quantitative estimate of drug-likeness (QED) is 0.136. The maximum absolute atomic E-state index is 12.6. The predicted octanol–water partition coefficient (Wildman–Crippen LogP) is 4.43. The van der Waals surface area contributed by atoms with Crippen molar-refractivity contribution in [2.45, 2.75) is 40.0 Å². The molecule has 2 N–H and O–H groups in total. The molecule has 2 aromatic carbocycles. The van der Waals surface area contributed by atoms with E-state index in [9.17, 15) is 19.2 Å². The van der Waals surface area contributed by atoms with Gasteiger partial charge in [0.1, 0.15) is 5.00 Å². The van der Waals surface area contributed by atoms with Gasteiger partial charge in [0.2, 0.25) is 0 Å². The van der Waals surface area contributed by atoms with Crippen LogP contribution in [-0.2, 0) is 27.2 Å². The van der Waals surface area contributed by atoms with E-state index in [0.717, 1.165) is 35.3 Å². The van der Waals surface area contributed by atoms with Crippen LogP contribution in [0.25, 0.3) is 0 Å². The third-order valence-corrected chi connectivity index (χ3v) is 7.52. The number of ether oxygens (including phenoxy) is 3. The van der Waals surface area contributed by atoms with Crippen LogP contribution in [0.2, 0.25) is 0 Å². The van der Waals surface area contributed by atoms with Crippen LogP contribution in [-0.4, -0.2) is 43.2 Å². The number of methoxy groups -OCH3 is 1. The number of aryl methyl sites for hydroxylation is 2. The number of rotatable bonds is 8. The monoisotopic (exact) mass is 563 g/mol. The molecule has 0 bridgehead atoms. The van der Waals surface area contributed by atoms with Crippen molar-refractivity contribution in [3.05, 3.63) is 75.2 Å². The molecule has 10 nitrogen and oxygen atoms in total. The third kappa shape index (κ3) is 6.20. The van der Waals surface area contributed by atoms with E-state index in [1.807, 2.05) is 19.1 Å². The van der Waals surface area contributed by atoms with Crippen LogP contribution in [0.5, 0.6) is 11.5 Å². The summed E-state index contributed by atoms with van der Waals surface area (Å²) in [6.07, 6.45) is 2.46. The Bertz CT molecular complexity index is 1510. The Labute approximate surface area is 235 Å². The standard InChI is InChI=1S/C29H29N3O7S/c1-5-38-29(36)24-20-11-8-12-23(20)40-27(24)30-25(33)26(34)32-31-17(3)18-13-14-21(22(15-18)37-4)39-28(35)19-10-7-6-9-16(19)2/h6-7,9-10,13-15H,5,8,11-12H2,1-4H3,(H,30,33)(H,32,34)/b31-17+. The molecule has 1 aliphatic carbocycles. The molecule has 0 unspecified atom stereocenters. The zero-order valence-electron chi connectivity index (χ0n) is 22.6. The van der Waals surface area contributed by atoms with Crippen molar-refractivity contribution < 1.29 is 33.4 Å². The lowest BCUT2D eigenvalue weighted by molar-refractivity contribution is -0.136. The number of nitrogens with zero attached hydrogens (tertiary/aromatic N) is 1. The van der Waals surface area contributed by atoms with Gasteiger partial charge in [0, 0.05) is 10.4 Å². The number of benzene rings is 2. The molecule has 1 aromatic heterocycles. The van der Waals surface area contributed by atoms with Gasteiger partial charge in [-0.3, -0.25) is 9.59 Å². The van der Waals surface area contributed by atoms with Gasteiger partial charge < -0.3 is 19.5 Å². The zero-order valence-corrected chi connectivity index (χ0v) is 23.4. The number of carbonyl (C=O) groups excluding carboxylic acids is 4. The molecule has 40 heavy (non-hydrogen) atoms. The molecule has 11 heteroatoms. The first kappa shape index (κ1) is 28.5. The highest BCUT2D eigenvalue weighted by molar-refractivity contribution is 7.17. The van der Waals surface area contributed by atoms with Gasteiger partial charge in [-0.2, -0.15) is 5.10 Å². The van der Waals surface area contributed by atoms with Crippen molar-refractivity contribution in [1.82, 2.24) is 5.43 Å². The van der Waals surface area contributed by atoms with Crippen LogP contribution in [0.4, 0.5) is 5.00 Å². The van der Waals surface area contributed by atoms with Crippen molar-refractivity contribution >= 4 is 45.8 Å². The Morgan fingerprint density at radius 3 is 2.50 bits per heavy atom. The molecule has 0 aliphatic heterocycles. The number of hydrogen-bond acceptors (Lipinski definition) is 9. The first-order valence-corrected chi connectivity index (χ1v) is 13.5. The molecular formula is C29H29N3O7S. The summed E-state index contributed by atoms with van der Waals surface area (Å²) in [6.45, 7) is 5.36. The molecule has 0 saturated carbocycles. The van der Waals surface area contributed by atoms with Gasteiger partial charge in [0.15, 0.2) is 11.5 Å². The van der Waals surface area contributed by atoms with E-state index >= 15 is 0 Å². The lowest BCUT2D eigenvalue weighted by Gasteiger charge is -2.12. The predicted molar refractivity (Wildman–Crippen MR) is 150 cm³/mol. The molecule has 1 aliphatic rings. The topological polar surface area (TPSA) is 132 Å². The van der Waals surface area contributed by atoms with E-state index < -0.39 is 23.8 Å². The Balaban J connectivity index is 1.43. The Hall–Kier alpha value is -4.51. The highest BCUT2D eigenvalue weighted by atomic mass is 32.1. The van der Waals surface area contributed by atoms with E-state index in [2.05, 4.69) is 15.8 Å². The van der Waals surface area contributed by atoms with Gasteiger partial charge in [-0.25, -0.2) is 15.0 Å². The van der Waals surface area contributed by atoms with Crippen molar-refractivity contribution in [3.63, 3.8) is 0 Å². The van der Waals surface area contributed by atoms with Gasteiger partial charge in [-0.05, 0) is 75.4 Å². The Kier molecular flexibility index (Phi) is 8.95. The molecule has 0 atom stereocenters. The van der Waals surface area contributed by atoms with E-state index in [1.165, 1.54) is 18.4 Å². The zero-order chi connectivity index (χ0) is 28.8. The third-order valence-electron chi connectivity index (χ3n) is 6.31. The van der Waals surface area contributed by atoms with E-state index in [0.29, 0.717) is 27.4 Å². The molecular weight excluding hydrogens is 534 g/mol. The number of nitrogens with one attached hydrogen (secondary N) is 2. The maximum atomic E-state index is 12.6. The second-order valence-electron chi connectivity index (χ2n) is 8.94. The fraction of sp³-hybridized carbons (Fsp3) is 0.276. The summed E-state index contributed by atoms with van der Waals surface area (Å²) in [5.74, 6) is -2.49. The molecule has 3 aromatic rings. The average molecular weight is 564 g/mol. The maximum Gasteiger partial charge on any atom is 0.343 e. The molecule has 0 fully saturated rings. The minimum atomic E-state index is -1.00. The van der Waals surface area contributed by atoms with Gasteiger partial charge in [-0.1, -0.05) is 18.2 Å². The van der Waals surface area contributed by atoms with Gasteiger partial charge >= 0.3 is 23.8 Å². The lowest BCUT2D eigenvalue weighted by Crippen LogP contribution is -2.33. The van der Waals surface area contributed by atoms with Crippen LogP contribution in [0, 0.1) is 6.92 Å². The smallest absolute Gasteiger partial charge is 0.343 e. The first-order valence-electron chi connectivity index (χ1n) is 12.7. The normalized spacial score (nSPS) is 12.3. The minimum Gasteiger partial charge on any atom is -0.493 e. The Morgan fingerprint density at radius 2 is 1.77 bits per heavy atom. The summed E-state index contributed by atoms with van der Waals surface area (Å²) in [5.41, 5.74) is 5.58. The van der Waals surface area contributed by atoms with E-state index in [-0.39, 0.29) is 18.1 Å². The van der Waals surface area contributed by atoms with Crippen LogP contribution in [0.1, 0.15) is 62.6 Å². The number of thiophene rings is 1. The molecule has 2 amide bonds. The van der Waals surface area contributed by atoms with E-state index in [1.54, 1.807) is 44.2 Å². The van der Waals surface area contributed by atoms with Crippen molar-refractivity contribution in [2.75, 3.05) is 19.0 Å². The molecule has 0 saturated heterocycles. The number of hydrogen-bond donors (Lipinski definition) is 2. The van der Waals surface area contributed by atoms with E-state index in [4.69, 9.17) is 14.2 Å². The molecule has 0 spiro atoms. The van der Waals surface area contributed by atoms with Crippen molar-refractivity contribution in [2.24, 2.45) is 5.10 Å². The van der Waals surface area contributed by atoms with Gasteiger partial charge in [0.25, 0.3) is 0 Å². The fourth-order valence-corrected chi connectivity index (χ4v) is 5.53. The van der Waals surface area contributed by atoms with Crippen LogP contribution in [0.15, 0.2) is 47.6 Å². The summed E-state index contributed by atoms with van der Waals surface area (Å²) < 4.78 is 16.1. The fourth-order valence-electron chi connectivity index (χ4n) is 4.26. The number of fused-ring (bicyclic) bond motifs is 1. The lowest BCUT2D eigenvalue weighted by atomic mass is 10.1. The highest BCUT2D eigenvalue weighted by Crippen LogP contribution is 2.39. The number of carbonyl (C=O) groups is 4. The summed E-state index contributed by atoms with van der Waals surface area (Å²) in [5, 5.41) is 6.85. The van der Waals surface area contributed by atoms with Gasteiger partial charge in [0.05, 0.1) is 30.6 Å². The minimum absolute atomic E-state index is 0.201. The largest absolute Gasteiger partial charge is 0.493 e. The second-order valence-corrected chi connectivity index (χ2v) is 10.0. The SMILES string of the molecule is CCOC(=O)c1c(NC(=O)C(=O)N/N=C(\C)c2ccc(OC(=O)c3ccccc3C)c(OC)c2)sc2c1CCC2. The Morgan fingerprint density at radius 1 is 1.00 bits per heavy atom. The number of anilines is 1. The summed E-state index contributed by atoms with van der Waals surface area (Å²) in [6, 6.07) is 11.9. The molecule has 1 heterocycles. The first-order chi connectivity index (χ1) is 19.2. The molecule has 0 radical (unpaired) electrons. The average Bonchev–Trinajstić information content (AvgIpc) is 3.52. The highest BCUT2D eigenvalue weighted by Gasteiger charge is 2.29. The summed E-state index contributed by atoms with van der Waals surface area (Å²) >= 11 is 1.28. The van der Waals surface area contributed by atoms with Crippen LogP contribution >= 0.6 is 11.3 Å². The number of hydrazone groups is 1. The van der Waals surface area contributed by atoms with Crippen molar-refractivity contribution in [1.29, 1.82) is 0 Å². The molecule has 208 valence electrons. The number of amides is 2. The van der Waals surface area contributed by atoms with Gasteiger partial charge in [-0.15, -0.1) is 11.3 Å².